The molecule has 0 saturated heterocycles. The Kier molecular flexibility index (Phi) is 3.41. The second kappa shape index (κ2) is 5.26. The molecule has 0 aliphatic carbocycles. The van der Waals surface area contributed by atoms with E-state index in [0.717, 1.165) is 22.3 Å². The largest absolute Gasteiger partial charge is 0.465 e. The molecule has 0 aliphatic heterocycles. The van der Waals surface area contributed by atoms with Gasteiger partial charge in [0, 0.05) is 24.2 Å². The van der Waals surface area contributed by atoms with Gasteiger partial charge in [0.25, 0.3) is 0 Å². The number of aromatic nitrogens is 2. The number of imidazole rings is 1. The predicted molar refractivity (Wildman–Crippen MR) is 81.4 cm³/mol. The molecule has 22 heavy (non-hydrogen) atoms. The van der Waals surface area contributed by atoms with Crippen molar-refractivity contribution in [1.82, 2.24) is 9.38 Å². The summed E-state index contributed by atoms with van der Waals surface area (Å²) < 4.78 is 20.1. The lowest BCUT2D eigenvalue weighted by atomic mass is 9.95. The molecule has 0 bridgehead atoms. The second-order valence-electron chi connectivity index (χ2n) is 5.21. The monoisotopic (exact) mass is 298 g/mol. The van der Waals surface area contributed by atoms with Gasteiger partial charge < -0.3 is 9.14 Å². The molecule has 2 aromatic heterocycles. The number of halogens is 1. The first-order chi connectivity index (χ1) is 10.5. The molecule has 112 valence electrons. The van der Waals surface area contributed by atoms with Crippen LogP contribution in [0.15, 0.2) is 36.8 Å². The number of nitrogens with zero attached hydrogens (tertiary/aromatic N) is 2. The molecule has 3 rings (SSSR count). The Morgan fingerprint density at radius 2 is 1.91 bits per heavy atom. The Labute approximate surface area is 127 Å². The summed E-state index contributed by atoms with van der Waals surface area (Å²) in [6.45, 7) is 3.69. The summed E-state index contributed by atoms with van der Waals surface area (Å²) in [5.74, 6) is -0.698. The average Bonchev–Trinajstić information content (AvgIpc) is 2.93. The van der Waals surface area contributed by atoms with Crippen molar-refractivity contribution in [3.05, 3.63) is 59.3 Å². The van der Waals surface area contributed by atoms with E-state index in [1.54, 1.807) is 29.1 Å². The van der Waals surface area contributed by atoms with Crippen molar-refractivity contribution < 1.29 is 13.9 Å². The summed E-state index contributed by atoms with van der Waals surface area (Å²) in [6, 6.07) is 4.70. The first-order valence-electron chi connectivity index (χ1n) is 6.83. The van der Waals surface area contributed by atoms with Crippen LogP contribution in [0.5, 0.6) is 0 Å². The molecule has 0 unspecified atom stereocenters. The normalized spacial score (nSPS) is 10.9. The smallest absolute Gasteiger partial charge is 0.339 e. The summed E-state index contributed by atoms with van der Waals surface area (Å²) in [5, 5.41) is 0. The van der Waals surface area contributed by atoms with E-state index in [1.807, 2.05) is 13.8 Å². The lowest BCUT2D eigenvalue weighted by Crippen LogP contribution is -2.04. The van der Waals surface area contributed by atoms with E-state index in [2.05, 4.69) is 4.98 Å². The molecule has 0 saturated carbocycles. The number of benzene rings is 1. The zero-order chi connectivity index (χ0) is 15.9. The van der Waals surface area contributed by atoms with Crippen LogP contribution in [0.2, 0.25) is 0 Å². The number of aryl methyl sites for hydroxylation is 2. The van der Waals surface area contributed by atoms with Gasteiger partial charge >= 0.3 is 5.97 Å². The number of ether oxygens (including phenoxy) is 1. The molecule has 0 radical (unpaired) electrons. The molecule has 0 spiro atoms. The minimum absolute atomic E-state index is 0.276. The van der Waals surface area contributed by atoms with Gasteiger partial charge in [0.05, 0.1) is 12.7 Å². The molecule has 0 fully saturated rings. The number of pyridine rings is 1. The Morgan fingerprint density at radius 3 is 2.55 bits per heavy atom. The van der Waals surface area contributed by atoms with Gasteiger partial charge in [-0.25, -0.2) is 14.2 Å². The van der Waals surface area contributed by atoms with E-state index in [0.29, 0.717) is 11.2 Å². The van der Waals surface area contributed by atoms with Crippen molar-refractivity contribution in [2.45, 2.75) is 13.8 Å². The van der Waals surface area contributed by atoms with Crippen LogP contribution in [0, 0.1) is 19.7 Å². The third-order valence-electron chi connectivity index (χ3n) is 3.68. The fraction of sp³-hybridized carbons (Fsp3) is 0.176. The minimum atomic E-state index is -0.422. The van der Waals surface area contributed by atoms with Gasteiger partial charge in [0.2, 0.25) is 0 Å². The van der Waals surface area contributed by atoms with Crippen molar-refractivity contribution >= 4 is 11.6 Å². The Morgan fingerprint density at radius 1 is 1.23 bits per heavy atom. The quantitative estimate of drug-likeness (QED) is 0.680. The van der Waals surface area contributed by atoms with Gasteiger partial charge in [-0.2, -0.15) is 0 Å². The molecule has 5 heteroatoms. The van der Waals surface area contributed by atoms with Gasteiger partial charge in [0.15, 0.2) is 0 Å². The van der Waals surface area contributed by atoms with Crippen molar-refractivity contribution in [3.8, 4) is 11.1 Å². The van der Waals surface area contributed by atoms with Gasteiger partial charge in [0.1, 0.15) is 11.5 Å². The van der Waals surface area contributed by atoms with Crippen molar-refractivity contribution in [2.75, 3.05) is 7.11 Å². The molecular weight excluding hydrogens is 283 g/mol. The summed E-state index contributed by atoms with van der Waals surface area (Å²) >= 11 is 0. The highest BCUT2D eigenvalue weighted by Crippen LogP contribution is 2.31. The number of hydrogen-bond donors (Lipinski definition) is 0. The summed E-state index contributed by atoms with van der Waals surface area (Å²) in [7, 11) is 1.34. The highest BCUT2D eigenvalue weighted by Gasteiger charge is 2.16. The molecule has 1 aromatic carbocycles. The van der Waals surface area contributed by atoms with Crippen LogP contribution in [-0.2, 0) is 4.74 Å². The van der Waals surface area contributed by atoms with E-state index in [1.165, 1.54) is 19.2 Å². The zero-order valence-electron chi connectivity index (χ0n) is 12.6. The van der Waals surface area contributed by atoms with E-state index in [4.69, 9.17) is 4.74 Å². The Bertz CT molecular complexity index is 860. The number of fused-ring (bicyclic) bond motifs is 1. The Balaban J connectivity index is 2.35. The molecule has 0 amide bonds. The van der Waals surface area contributed by atoms with Crippen LogP contribution in [0.3, 0.4) is 0 Å². The summed E-state index contributed by atoms with van der Waals surface area (Å²) in [5.41, 5.74) is 4.39. The van der Waals surface area contributed by atoms with Crippen molar-refractivity contribution in [3.63, 3.8) is 0 Å². The minimum Gasteiger partial charge on any atom is -0.465 e. The number of hydrogen-bond acceptors (Lipinski definition) is 3. The lowest BCUT2D eigenvalue weighted by molar-refractivity contribution is 0.0600. The summed E-state index contributed by atoms with van der Waals surface area (Å²) in [4.78, 5) is 16.2. The van der Waals surface area contributed by atoms with E-state index in [-0.39, 0.29) is 5.82 Å². The molecular formula is C17H15FN2O2. The van der Waals surface area contributed by atoms with Crippen LogP contribution in [0.1, 0.15) is 21.5 Å². The van der Waals surface area contributed by atoms with Crippen LogP contribution >= 0.6 is 0 Å². The summed E-state index contributed by atoms with van der Waals surface area (Å²) in [6.07, 6.45) is 5.10. The van der Waals surface area contributed by atoms with Gasteiger partial charge in [-0.3, -0.25) is 0 Å². The molecule has 3 aromatic rings. The maximum Gasteiger partial charge on any atom is 0.339 e. The fourth-order valence-electron chi connectivity index (χ4n) is 2.78. The second-order valence-corrected chi connectivity index (χ2v) is 5.21. The first kappa shape index (κ1) is 14.3. The molecule has 0 aliphatic rings. The van der Waals surface area contributed by atoms with Crippen LogP contribution < -0.4 is 0 Å². The van der Waals surface area contributed by atoms with Gasteiger partial charge in [-0.1, -0.05) is 0 Å². The predicted octanol–water partition coefficient (Wildman–Crippen LogP) is 3.54. The standard InChI is InChI=1S/C17H15FN2O2/c1-10-6-13(18)7-11(2)15(10)14-8-12(17(21)22-3)9-20-5-4-19-16(14)20/h4-9H,1-3H3. The van der Waals surface area contributed by atoms with Crippen molar-refractivity contribution in [1.29, 1.82) is 0 Å². The fourth-order valence-corrected chi connectivity index (χ4v) is 2.78. The number of esters is 1. The first-order valence-corrected chi connectivity index (χ1v) is 6.83. The maximum absolute atomic E-state index is 13.5. The van der Waals surface area contributed by atoms with Crippen LogP contribution in [-0.4, -0.2) is 22.5 Å². The molecule has 4 nitrogen and oxygen atoms in total. The van der Waals surface area contributed by atoms with Crippen LogP contribution in [0.25, 0.3) is 16.8 Å². The third kappa shape index (κ3) is 2.24. The van der Waals surface area contributed by atoms with E-state index >= 15 is 0 Å². The number of carbonyl (C=O) groups is 1. The maximum atomic E-state index is 13.5. The SMILES string of the molecule is COC(=O)c1cc(-c2c(C)cc(F)cc2C)c2nccn2c1. The molecule has 2 heterocycles. The highest BCUT2D eigenvalue weighted by molar-refractivity contribution is 5.93. The number of carbonyl (C=O) groups excluding carboxylic acids is 1. The number of methoxy groups -OCH3 is 1. The number of rotatable bonds is 2. The molecule has 0 atom stereocenters. The molecule has 0 N–H and O–H groups in total. The lowest BCUT2D eigenvalue weighted by Gasteiger charge is -2.13. The zero-order valence-corrected chi connectivity index (χ0v) is 12.6. The van der Waals surface area contributed by atoms with E-state index in [9.17, 15) is 9.18 Å². The highest BCUT2D eigenvalue weighted by atomic mass is 19.1. The van der Waals surface area contributed by atoms with Gasteiger partial charge in [-0.05, 0) is 48.7 Å². The van der Waals surface area contributed by atoms with Crippen molar-refractivity contribution in [2.24, 2.45) is 0 Å². The van der Waals surface area contributed by atoms with Crippen LogP contribution in [0.4, 0.5) is 4.39 Å². The Hall–Kier alpha value is -2.69. The third-order valence-corrected chi connectivity index (χ3v) is 3.68. The van der Waals surface area contributed by atoms with Gasteiger partial charge in [-0.15, -0.1) is 0 Å². The van der Waals surface area contributed by atoms with E-state index < -0.39 is 5.97 Å². The average molecular weight is 298 g/mol. The topological polar surface area (TPSA) is 43.6 Å².